The summed E-state index contributed by atoms with van der Waals surface area (Å²) in [6.45, 7) is 6.54. The van der Waals surface area contributed by atoms with Gasteiger partial charge in [0.1, 0.15) is 5.00 Å². The number of benzene rings is 1. The van der Waals surface area contributed by atoms with Gasteiger partial charge in [0.15, 0.2) is 0 Å². The molecule has 2 rings (SSSR count). The smallest absolute Gasteiger partial charge is 0.341 e. The fourth-order valence-corrected chi connectivity index (χ4v) is 4.11. The zero-order chi connectivity index (χ0) is 21.6. The maximum Gasteiger partial charge on any atom is 0.341 e. The fourth-order valence-electron chi connectivity index (χ4n) is 2.74. The van der Waals surface area contributed by atoms with Crippen LogP contribution < -0.4 is 5.32 Å². The number of ether oxygens (including phenoxy) is 1. The van der Waals surface area contributed by atoms with Crippen LogP contribution in [0.5, 0.6) is 0 Å². The second-order valence-corrected chi connectivity index (χ2v) is 7.56. The van der Waals surface area contributed by atoms with Crippen LogP contribution in [0.15, 0.2) is 30.3 Å². The predicted molar refractivity (Wildman–Crippen MR) is 117 cm³/mol. The van der Waals surface area contributed by atoms with Gasteiger partial charge in [-0.3, -0.25) is 9.59 Å². The number of halogens is 1. The van der Waals surface area contributed by atoms with E-state index in [2.05, 4.69) is 5.32 Å². The number of hydrogen-bond acceptors (Lipinski definition) is 5. The van der Waals surface area contributed by atoms with Crippen LogP contribution in [0, 0.1) is 6.92 Å². The molecule has 2 aromatic rings. The number of rotatable bonds is 7. The van der Waals surface area contributed by atoms with Gasteiger partial charge in [0, 0.05) is 24.2 Å². The van der Waals surface area contributed by atoms with Crippen LogP contribution in [-0.4, -0.2) is 42.9 Å². The first-order valence-electron chi connectivity index (χ1n) is 9.07. The largest absolute Gasteiger partial charge is 0.465 e. The highest BCUT2D eigenvalue weighted by Crippen LogP contribution is 2.34. The predicted octanol–water partition coefficient (Wildman–Crippen LogP) is 4.63. The van der Waals surface area contributed by atoms with Gasteiger partial charge in [0.2, 0.25) is 5.91 Å². The standard InChI is InChI=1S/C21H23ClN2O4S/c1-5-24(6-2)20(26)18-13(3)17(21(27)28-4)19(29-18)23-16(25)11-10-14-8-7-9-15(22)12-14/h7-12H,5-6H2,1-4H3,(H,23,25)/b11-10+. The molecule has 1 heterocycles. The average molecular weight is 435 g/mol. The van der Waals surface area contributed by atoms with Crippen molar-refractivity contribution in [3.8, 4) is 0 Å². The molecule has 2 amide bonds. The Labute approximate surface area is 179 Å². The number of nitrogens with zero attached hydrogens (tertiary/aromatic N) is 1. The average Bonchev–Trinajstić information content (AvgIpc) is 3.02. The van der Waals surface area contributed by atoms with E-state index in [1.54, 1.807) is 36.1 Å². The van der Waals surface area contributed by atoms with Crippen LogP contribution in [0.3, 0.4) is 0 Å². The molecule has 0 fully saturated rings. The third kappa shape index (κ3) is 5.46. The van der Waals surface area contributed by atoms with Crippen molar-refractivity contribution in [1.82, 2.24) is 4.90 Å². The highest BCUT2D eigenvalue weighted by molar-refractivity contribution is 7.18. The second-order valence-electron chi connectivity index (χ2n) is 6.11. The number of methoxy groups -OCH3 is 1. The Balaban J connectivity index is 2.33. The number of carbonyl (C=O) groups is 3. The van der Waals surface area contributed by atoms with Crippen LogP contribution in [0.4, 0.5) is 5.00 Å². The fraction of sp³-hybridized carbons (Fsp3) is 0.286. The zero-order valence-electron chi connectivity index (χ0n) is 16.7. The van der Waals surface area contributed by atoms with Crippen molar-refractivity contribution in [2.75, 3.05) is 25.5 Å². The number of thiophene rings is 1. The maximum absolute atomic E-state index is 12.8. The molecule has 6 nitrogen and oxygen atoms in total. The molecule has 1 aromatic heterocycles. The van der Waals surface area contributed by atoms with Crippen molar-refractivity contribution in [3.63, 3.8) is 0 Å². The van der Waals surface area contributed by atoms with Crippen LogP contribution in [-0.2, 0) is 9.53 Å². The summed E-state index contributed by atoms with van der Waals surface area (Å²) in [7, 11) is 1.26. The molecular weight excluding hydrogens is 412 g/mol. The van der Waals surface area contributed by atoms with Gasteiger partial charge >= 0.3 is 5.97 Å². The van der Waals surface area contributed by atoms with Crippen LogP contribution >= 0.6 is 22.9 Å². The third-order valence-electron chi connectivity index (χ3n) is 4.29. The number of hydrogen-bond donors (Lipinski definition) is 1. The first-order chi connectivity index (χ1) is 13.8. The highest BCUT2D eigenvalue weighted by atomic mass is 35.5. The molecule has 29 heavy (non-hydrogen) atoms. The number of amides is 2. The van der Waals surface area contributed by atoms with E-state index in [-0.39, 0.29) is 16.5 Å². The lowest BCUT2D eigenvalue weighted by atomic mass is 10.1. The van der Waals surface area contributed by atoms with E-state index in [4.69, 9.17) is 16.3 Å². The van der Waals surface area contributed by atoms with E-state index < -0.39 is 11.9 Å². The van der Waals surface area contributed by atoms with E-state index in [0.717, 1.165) is 16.9 Å². The normalized spacial score (nSPS) is 10.8. The van der Waals surface area contributed by atoms with Gasteiger partial charge in [0.25, 0.3) is 5.91 Å². The summed E-state index contributed by atoms with van der Waals surface area (Å²) in [5, 5.41) is 3.54. The monoisotopic (exact) mass is 434 g/mol. The second kappa shape index (κ2) is 10.2. The lowest BCUT2D eigenvalue weighted by molar-refractivity contribution is -0.111. The van der Waals surface area contributed by atoms with E-state index in [0.29, 0.717) is 28.6 Å². The Morgan fingerprint density at radius 3 is 2.52 bits per heavy atom. The summed E-state index contributed by atoms with van der Waals surface area (Å²) in [5.41, 5.74) is 1.45. The molecule has 8 heteroatoms. The lowest BCUT2D eigenvalue weighted by Crippen LogP contribution is -2.30. The molecule has 0 aliphatic heterocycles. The van der Waals surface area contributed by atoms with Gasteiger partial charge in [-0.05, 0) is 50.1 Å². The number of nitrogens with one attached hydrogen (secondary N) is 1. The first kappa shape index (κ1) is 22.6. The molecule has 0 aliphatic rings. The third-order valence-corrected chi connectivity index (χ3v) is 5.72. The summed E-state index contributed by atoms with van der Waals surface area (Å²) in [5.74, 6) is -1.22. The summed E-state index contributed by atoms with van der Waals surface area (Å²) in [6.07, 6.45) is 2.95. The molecule has 1 aromatic carbocycles. The van der Waals surface area contributed by atoms with Gasteiger partial charge in [-0.25, -0.2) is 4.79 Å². The molecule has 0 atom stereocenters. The molecule has 0 aliphatic carbocycles. The first-order valence-corrected chi connectivity index (χ1v) is 10.3. The zero-order valence-corrected chi connectivity index (χ0v) is 18.3. The Hall–Kier alpha value is -2.64. The lowest BCUT2D eigenvalue weighted by Gasteiger charge is -2.17. The molecule has 0 saturated carbocycles. The Bertz CT molecular complexity index is 948. The van der Waals surface area contributed by atoms with Crippen molar-refractivity contribution in [2.24, 2.45) is 0 Å². The Kier molecular flexibility index (Phi) is 7.99. The van der Waals surface area contributed by atoms with Crippen LogP contribution in [0.25, 0.3) is 6.08 Å². The van der Waals surface area contributed by atoms with Crippen LogP contribution in [0.1, 0.15) is 45.0 Å². The number of esters is 1. The van der Waals surface area contributed by atoms with E-state index >= 15 is 0 Å². The van der Waals surface area contributed by atoms with E-state index in [1.165, 1.54) is 13.2 Å². The minimum absolute atomic E-state index is 0.183. The summed E-state index contributed by atoms with van der Waals surface area (Å²) in [6, 6.07) is 7.06. The minimum Gasteiger partial charge on any atom is -0.465 e. The molecule has 0 radical (unpaired) electrons. The highest BCUT2D eigenvalue weighted by Gasteiger charge is 2.27. The molecule has 1 N–H and O–H groups in total. The molecular formula is C21H23ClN2O4S. The van der Waals surface area contributed by atoms with Gasteiger partial charge < -0.3 is 15.0 Å². The minimum atomic E-state index is -0.605. The topological polar surface area (TPSA) is 75.7 Å². The SMILES string of the molecule is CCN(CC)C(=O)c1sc(NC(=O)/C=C/c2cccc(Cl)c2)c(C(=O)OC)c1C. The molecule has 0 bridgehead atoms. The van der Waals surface area contributed by atoms with Crippen molar-refractivity contribution < 1.29 is 19.1 Å². The maximum atomic E-state index is 12.8. The Morgan fingerprint density at radius 1 is 1.24 bits per heavy atom. The van der Waals surface area contributed by atoms with Crippen molar-refractivity contribution in [3.05, 3.63) is 56.9 Å². The summed E-state index contributed by atoms with van der Waals surface area (Å²) in [4.78, 5) is 39.5. The van der Waals surface area contributed by atoms with Gasteiger partial charge in [-0.2, -0.15) is 0 Å². The van der Waals surface area contributed by atoms with Crippen molar-refractivity contribution >= 4 is 51.8 Å². The van der Waals surface area contributed by atoms with Crippen LogP contribution in [0.2, 0.25) is 5.02 Å². The van der Waals surface area contributed by atoms with E-state index in [1.807, 2.05) is 19.9 Å². The number of carbonyl (C=O) groups excluding carboxylic acids is 3. The molecule has 0 unspecified atom stereocenters. The van der Waals surface area contributed by atoms with E-state index in [9.17, 15) is 14.4 Å². The molecule has 0 spiro atoms. The van der Waals surface area contributed by atoms with Gasteiger partial charge in [0.05, 0.1) is 17.6 Å². The molecule has 0 saturated heterocycles. The summed E-state index contributed by atoms with van der Waals surface area (Å²) < 4.78 is 4.85. The quantitative estimate of drug-likeness (QED) is 0.509. The van der Waals surface area contributed by atoms with Gasteiger partial charge in [-0.1, -0.05) is 23.7 Å². The number of anilines is 1. The van der Waals surface area contributed by atoms with Gasteiger partial charge in [-0.15, -0.1) is 11.3 Å². The van der Waals surface area contributed by atoms with Crippen molar-refractivity contribution in [2.45, 2.75) is 20.8 Å². The van der Waals surface area contributed by atoms with Crippen molar-refractivity contribution in [1.29, 1.82) is 0 Å². The molecule has 154 valence electrons. The summed E-state index contributed by atoms with van der Waals surface area (Å²) >= 11 is 7.01. The Morgan fingerprint density at radius 2 is 1.93 bits per heavy atom.